The van der Waals surface area contributed by atoms with E-state index in [1.165, 1.54) is 21.3 Å². The zero-order valence-electron chi connectivity index (χ0n) is 10.6. The van der Waals surface area contributed by atoms with Gasteiger partial charge >= 0.3 is 0 Å². The van der Waals surface area contributed by atoms with Gasteiger partial charge in [0.1, 0.15) is 0 Å². The van der Waals surface area contributed by atoms with Gasteiger partial charge in [-0.3, -0.25) is 0 Å². The van der Waals surface area contributed by atoms with E-state index in [1.807, 2.05) is 0 Å². The minimum atomic E-state index is -0.655. The van der Waals surface area contributed by atoms with Gasteiger partial charge in [-0.25, -0.2) is 0 Å². The summed E-state index contributed by atoms with van der Waals surface area (Å²) >= 11 is 0. The monoisotopic (exact) mass is 241 g/mol. The van der Waals surface area contributed by atoms with Crippen molar-refractivity contribution in [3.8, 4) is 17.2 Å². The van der Waals surface area contributed by atoms with Crippen molar-refractivity contribution in [2.45, 2.75) is 19.1 Å². The largest absolute Gasteiger partial charge is 0.493 e. The Labute approximate surface area is 101 Å². The SMILES string of the molecule is COc1cc([C@@H](N)[C@H](C)O)cc(OC)c1OC. The first kappa shape index (κ1) is 13.6. The lowest BCUT2D eigenvalue weighted by atomic mass is 10.0. The third kappa shape index (κ3) is 2.81. The van der Waals surface area contributed by atoms with Crippen LogP contribution in [0, 0.1) is 0 Å². The highest BCUT2D eigenvalue weighted by Gasteiger charge is 2.18. The molecule has 96 valence electrons. The molecule has 0 spiro atoms. The van der Waals surface area contributed by atoms with Crippen LogP contribution in [-0.4, -0.2) is 32.5 Å². The Bertz CT molecular complexity index is 354. The molecule has 0 radical (unpaired) electrons. The Morgan fingerprint density at radius 2 is 1.53 bits per heavy atom. The van der Waals surface area contributed by atoms with Crippen molar-refractivity contribution in [3.63, 3.8) is 0 Å². The van der Waals surface area contributed by atoms with Crippen LogP contribution in [0.25, 0.3) is 0 Å². The van der Waals surface area contributed by atoms with Gasteiger partial charge < -0.3 is 25.1 Å². The normalized spacial score (nSPS) is 14.0. The quantitative estimate of drug-likeness (QED) is 0.807. The van der Waals surface area contributed by atoms with E-state index in [2.05, 4.69) is 0 Å². The molecule has 0 aliphatic rings. The van der Waals surface area contributed by atoms with Crippen molar-refractivity contribution in [3.05, 3.63) is 17.7 Å². The molecule has 5 heteroatoms. The van der Waals surface area contributed by atoms with E-state index in [4.69, 9.17) is 19.9 Å². The molecule has 0 saturated heterocycles. The minimum absolute atomic E-state index is 0.497. The van der Waals surface area contributed by atoms with Crippen LogP contribution in [0.2, 0.25) is 0 Å². The molecule has 1 aromatic carbocycles. The molecule has 0 aliphatic heterocycles. The predicted octanol–water partition coefficient (Wildman–Crippen LogP) is 1.09. The number of ether oxygens (including phenoxy) is 3. The van der Waals surface area contributed by atoms with E-state index in [1.54, 1.807) is 19.1 Å². The third-order valence-electron chi connectivity index (χ3n) is 2.59. The molecule has 0 heterocycles. The summed E-state index contributed by atoms with van der Waals surface area (Å²) in [4.78, 5) is 0. The van der Waals surface area contributed by atoms with Gasteiger partial charge in [-0.2, -0.15) is 0 Å². The van der Waals surface area contributed by atoms with Crippen LogP contribution in [0.5, 0.6) is 17.2 Å². The van der Waals surface area contributed by atoms with Gasteiger partial charge in [-0.05, 0) is 24.6 Å². The number of aliphatic hydroxyl groups excluding tert-OH is 1. The van der Waals surface area contributed by atoms with E-state index in [0.29, 0.717) is 17.2 Å². The highest BCUT2D eigenvalue weighted by molar-refractivity contribution is 5.54. The molecule has 1 rings (SSSR count). The van der Waals surface area contributed by atoms with Crippen LogP contribution >= 0.6 is 0 Å². The molecule has 17 heavy (non-hydrogen) atoms. The van der Waals surface area contributed by atoms with Gasteiger partial charge in [-0.15, -0.1) is 0 Å². The average molecular weight is 241 g/mol. The van der Waals surface area contributed by atoms with E-state index < -0.39 is 12.1 Å². The summed E-state index contributed by atoms with van der Waals surface area (Å²) in [5.41, 5.74) is 6.61. The Balaban J connectivity index is 3.27. The van der Waals surface area contributed by atoms with Gasteiger partial charge in [0.25, 0.3) is 0 Å². The maximum atomic E-state index is 9.49. The summed E-state index contributed by atoms with van der Waals surface area (Å²) in [5.74, 6) is 1.56. The third-order valence-corrected chi connectivity index (χ3v) is 2.59. The second-order valence-electron chi connectivity index (χ2n) is 3.73. The fourth-order valence-electron chi connectivity index (χ4n) is 1.57. The van der Waals surface area contributed by atoms with Gasteiger partial charge in [0.15, 0.2) is 11.5 Å². The Morgan fingerprint density at radius 3 is 1.82 bits per heavy atom. The van der Waals surface area contributed by atoms with E-state index >= 15 is 0 Å². The van der Waals surface area contributed by atoms with Crippen LogP contribution in [0.1, 0.15) is 18.5 Å². The molecule has 5 nitrogen and oxygen atoms in total. The lowest BCUT2D eigenvalue weighted by Gasteiger charge is -2.19. The predicted molar refractivity (Wildman–Crippen MR) is 64.7 cm³/mol. The summed E-state index contributed by atoms with van der Waals surface area (Å²) in [6.07, 6.45) is -0.655. The molecule has 3 N–H and O–H groups in total. The summed E-state index contributed by atoms with van der Waals surface area (Å²) in [6.45, 7) is 1.63. The Kier molecular flexibility index (Phi) is 4.60. The van der Waals surface area contributed by atoms with Crippen molar-refractivity contribution in [2.75, 3.05) is 21.3 Å². The molecule has 0 fully saturated rings. The van der Waals surface area contributed by atoms with Crippen molar-refractivity contribution < 1.29 is 19.3 Å². The zero-order valence-corrected chi connectivity index (χ0v) is 10.6. The first-order valence-electron chi connectivity index (χ1n) is 5.28. The van der Waals surface area contributed by atoms with Crippen LogP contribution in [0.4, 0.5) is 0 Å². The van der Waals surface area contributed by atoms with Crippen LogP contribution < -0.4 is 19.9 Å². The molecule has 0 saturated carbocycles. The molecular formula is C12H19NO4. The molecule has 0 unspecified atom stereocenters. The van der Waals surface area contributed by atoms with Crippen molar-refractivity contribution >= 4 is 0 Å². The average Bonchev–Trinajstić information content (AvgIpc) is 2.35. The molecule has 0 amide bonds. The summed E-state index contributed by atoms with van der Waals surface area (Å²) in [6, 6.07) is 2.97. The second kappa shape index (κ2) is 5.75. The zero-order chi connectivity index (χ0) is 13.0. The van der Waals surface area contributed by atoms with E-state index in [9.17, 15) is 5.11 Å². The standard InChI is InChI=1S/C12H19NO4/c1-7(14)11(13)8-5-9(15-2)12(17-4)10(6-8)16-3/h5-7,11,14H,13H2,1-4H3/t7-,11-/m0/s1. The highest BCUT2D eigenvalue weighted by Crippen LogP contribution is 2.39. The molecule has 0 bridgehead atoms. The molecular weight excluding hydrogens is 222 g/mol. The van der Waals surface area contributed by atoms with E-state index in [-0.39, 0.29) is 0 Å². The maximum absolute atomic E-state index is 9.49. The highest BCUT2D eigenvalue weighted by atomic mass is 16.5. The number of hydrogen-bond donors (Lipinski definition) is 2. The number of hydrogen-bond acceptors (Lipinski definition) is 5. The van der Waals surface area contributed by atoms with Crippen molar-refractivity contribution in [1.82, 2.24) is 0 Å². The first-order chi connectivity index (χ1) is 8.04. The van der Waals surface area contributed by atoms with Crippen molar-refractivity contribution in [2.24, 2.45) is 5.73 Å². The number of benzene rings is 1. The first-order valence-corrected chi connectivity index (χ1v) is 5.28. The van der Waals surface area contributed by atoms with E-state index in [0.717, 1.165) is 5.56 Å². The van der Waals surface area contributed by atoms with Crippen LogP contribution in [-0.2, 0) is 0 Å². The lowest BCUT2D eigenvalue weighted by Crippen LogP contribution is -2.23. The number of aliphatic hydroxyl groups is 1. The van der Waals surface area contributed by atoms with Crippen LogP contribution in [0.3, 0.4) is 0 Å². The molecule has 0 aliphatic carbocycles. The summed E-state index contributed by atoms with van der Waals surface area (Å²) in [5, 5.41) is 9.49. The van der Waals surface area contributed by atoms with Gasteiger partial charge in [0.05, 0.1) is 33.5 Å². The smallest absolute Gasteiger partial charge is 0.203 e. The topological polar surface area (TPSA) is 73.9 Å². The number of nitrogens with two attached hydrogens (primary N) is 1. The summed E-state index contributed by atoms with van der Waals surface area (Å²) < 4.78 is 15.6. The number of methoxy groups -OCH3 is 3. The lowest BCUT2D eigenvalue weighted by molar-refractivity contribution is 0.164. The van der Waals surface area contributed by atoms with Gasteiger partial charge in [0, 0.05) is 0 Å². The Morgan fingerprint density at radius 1 is 1.06 bits per heavy atom. The number of rotatable bonds is 5. The molecule has 0 aromatic heterocycles. The van der Waals surface area contributed by atoms with Crippen molar-refractivity contribution in [1.29, 1.82) is 0 Å². The van der Waals surface area contributed by atoms with Gasteiger partial charge in [-0.1, -0.05) is 0 Å². The molecule has 1 aromatic rings. The van der Waals surface area contributed by atoms with Gasteiger partial charge in [0.2, 0.25) is 5.75 Å². The minimum Gasteiger partial charge on any atom is -0.493 e. The fraction of sp³-hybridized carbons (Fsp3) is 0.500. The van der Waals surface area contributed by atoms with Crippen LogP contribution in [0.15, 0.2) is 12.1 Å². The second-order valence-corrected chi connectivity index (χ2v) is 3.73. The molecule has 2 atom stereocenters. The maximum Gasteiger partial charge on any atom is 0.203 e. The Hall–Kier alpha value is -1.46. The summed E-state index contributed by atoms with van der Waals surface area (Å²) in [7, 11) is 4.61. The fourth-order valence-corrected chi connectivity index (χ4v) is 1.57.